The van der Waals surface area contributed by atoms with Crippen molar-refractivity contribution < 1.29 is 89.4 Å². The molecular formula is C70H117NO18. The van der Waals surface area contributed by atoms with Gasteiger partial charge in [0.05, 0.1) is 38.6 Å². The van der Waals surface area contributed by atoms with Crippen LogP contribution in [0.1, 0.15) is 194 Å². The summed E-state index contributed by atoms with van der Waals surface area (Å²) in [4.78, 5) is 13.4. The summed E-state index contributed by atoms with van der Waals surface area (Å²) in [5.41, 5.74) is 0. The molecule has 0 aromatic heterocycles. The predicted octanol–water partition coefficient (Wildman–Crippen LogP) is 8.27. The molecular weight excluding hydrogens is 1140 g/mol. The molecule has 510 valence electrons. The molecule has 0 aromatic rings. The van der Waals surface area contributed by atoms with E-state index in [-0.39, 0.29) is 12.3 Å². The summed E-state index contributed by atoms with van der Waals surface area (Å²) < 4.78 is 34.3. The third-order valence-corrected chi connectivity index (χ3v) is 16.0. The number of allylic oxidation sites excluding steroid dienone is 17. The first-order valence-corrected chi connectivity index (χ1v) is 33.6. The van der Waals surface area contributed by atoms with Crippen LogP contribution in [0.2, 0.25) is 0 Å². The first-order chi connectivity index (χ1) is 43.3. The lowest BCUT2D eigenvalue weighted by Crippen LogP contribution is -2.66. The molecule has 89 heavy (non-hydrogen) atoms. The average Bonchev–Trinajstić information content (AvgIpc) is 1.93. The maximum atomic E-state index is 13.4. The highest BCUT2D eigenvalue weighted by molar-refractivity contribution is 5.76. The topological polar surface area (TPSA) is 307 Å². The average molecular weight is 1260 g/mol. The maximum Gasteiger partial charge on any atom is 0.220 e. The standard InChI is InChI=1S/C70H117NO18/c1-3-5-7-9-11-13-15-17-19-21-23-25-26-28-29-31-33-35-37-39-41-43-45-47-54(75)53(71-58(76)48-46-44-42-40-38-36-34-32-30-27-24-22-20-18-16-14-12-10-8-6-4-2)52-84-68-64(82)61(79)66(56(50-73)86-68)89-70-65(83)62(80)67(57(51-74)87-70)88-69-63(81)60(78)59(77)55(49-72)85-69/h6,8,12,14,18,20,24,27,29,31-32,34,37-40,45,47,53-57,59-70,72-75,77-83H,3-5,7,9-11,13,15-17,19,21-23,25-26,28,30,33,35-36,41-44,46,48-52H2,1-2H3,(H,71,76)/b8-6-,14-12-,20-18-,27-24-,31-29+,34-32-,39-37+,40-38-,47-45+. The Hall–Kier alpha value is -3.55. The van der Waals surface area contributed by atoms with Crippen LogP contribution >= 0.6 is 0 Å². The molecule has 19 nitrogen and oxygen atoms in total. The van der Waals surface area contributed by atoms with Crippen molar-refractivity contribution in [3.63, 3.8) is 0 Å². The number of hydrogen-bond acceptors (Lipinski definition) is 18. The Morgan fingerprint density at radius 1 is 0.416 bits per heavy atom. The zero-order chi connectivity index (χ0) is 64.7. The van der Waals surface area contributed by atoms with Gasteiger partial charge in [-0.3, -0.25) is 4.79 Å². The van der Waals surface area contributed by atoms with E-state index in [4.69, 9.17) is 28.4 Å². The second-order valence-electron chi connectivity index (χ2n) is 23.5. The number of hydrogen-bond donors (Lipinski definition) is 12. The van der Waals surface area contributed by atoms with Gasteiger partial charge in [0.1, 0.15) is 73.2 Å². The molecule has 3 fully saturated rings. The van der Waals surface area contributed by atoms with Crippen molar-refractivity contribution in [1.82, 2.24) is 5.32 Å². The van der Waals surface area contributed by atoms with E-state index in [1.165, 1.54) is 83.5 Å². The third-order valence-electron chi connectivity index (χ3n) is 16.0. The lowest BCUT2D eigenvalue weighted by molar-refractivity contribution is -0.379. The number of unbranched alkanes of at least 4 members (excludes halogenated alkanes) is 17. The molecule has 19 heteroatoms. The van der Waals surface area contributed by atoms with Crippen molar-refractivity contribution in [3.05, 3.63) is 109 Å². The van der Waals surface area contributed by atoms with Gasteiger partial charge in [0.15, 0.2) is 18.9 Å². The second-order valence-corrected chi connectivity index (χ2v) is 23.5. The molecule has 3 aliphatic rings. The van der Waals surface area contributed by atoms with Crippen LogP contribution in [-0.2, 0) is 33.2 Å². The van der Waals surface area contributed by atoms with E-state index >= 15 is 0 Å². The molecule has 0 spiro atoms. The molecule has 0 aromatic carbocycles. The molecule has 0 bridgehead atoms. The molecule has 3 heterocycles. The number of carbonyl (C=O) groups is 1. The van der Waals surface area contributed by atoms with E-state index in [1.54, 1.807) is 6.08 Å². The fraction of sp³-hybridized carbons (Fsp3) is 0.729. The van der Waals surface area contributed by atoms with Crippen LogP contribution in [0.5, 0.6) is 0 Å². The van der Waals surface area contributed by atoms with E-state index < -0.39 is 131 Å². The van der Waals surface area contributed by atoms with Crippen LogP contribution in [0, 0.1) is 0 Å². The number of rotatable bonds is 49. The zero-order valence-corrected chi connectivity index (χ0v) is 53.6. The van der Waals surface area contributed by atoms with Crippen molar-refractivity contribution in [2.75, 3.05) is 26.4 Å². The molecule has 12 N–H and O–H groups in total. The molecule has 0 saturated carbocycles. The molecule has 1 amide bonds. The predicted molar refractivity (Wildman–Crippen MR) is 346 cm³/mol. The highest BCUT2D eigenvalue weighted by atomic mass is 16.8. The van der Waals surface area contributed by atoms with Gasteiger partial charge in [-0.1, -0.05) is 200 Å². The van der Waals surface area contributed by atoms with Crippen molar-refractivity contribution in [2.45, 2.75) is 298 Å². The van der Waals surface area contributed by atoms with Gasteiger partial charge >= 0.3 is 0 Å². The van der Waals surface area contributed by atoms with E-state index in [9.17, 15) is 61.0 Å². The molecule has 3 rings (SSSR count). The van der Waals surface area contributed by atoms with Gasteiger partial charge < -0.3 is 89.9 Å². The van der Waals surface area contributed by atoms with Gasteiger partial charge in [-0.2, -0.15) is 0 Å². The van der Waals surface area contributed by atoms with Gasteiger partial charge in [-0.05, 0) is 96.3 Å². The van der Waals surface area contributed by atoms with Gasteiger partial charge in [0.25, 0.3) is 0 Å². The van der Waals surface area contributed by atoms with E-state index in [0.29, 0.717) is 12.8 Å². The van der Waals surface area contributed by atoms with E-state index in [0.717, 1.165) is 77.0 Å². The highest BCUT2D eigenvalue weighted by Crippen LogP contribution is 2.33. The molecule has 17 unspecified atom stereocenters. The smallest absolute Gasteiger partial charge is 0.220 e. The lowest BCUT2D eigenvalue weighted by atomic mass is 9.96. The van der Waals surface area contributed by atoms with Crippen molar-refractivity contribution in [3.8, 4) is 0 Å². The summed E-state index contributed by atoms with van der Waals surface area (Å²) in [7, 11) is 0. The van der Waals surface area contributed by atoms with Crippen LogP contribution in [0.3, 0.4) is 0 Å². The largest absolute Gasteiger partial charge is 0.394 e. The number of aliphatic hydroxyl groups excluding tert-OH is 11. The first kappa shape index (κ1) is 79.7. The number of carbonyl (C=O) groups excluding carboxylic acids is 1. The first-order valence-electron chi connectivity index (χ1n) is 33.6. The minimum Gasteiger partial charge on any atom is -0.394 e. The van der Waals surface area contributed by atoms with Crippen LogP contribution in [0.25, 0.3) is 0 Å². The van der Waals surface area contributed by atoms with E-state index in [2.05, 4.69) is 116 Å². The number of amides is 1. The molecule has 3 aliphatic heterocycles. The van der Waals surface area contributed by atoms with Crippen LogP contribution in [0.4, 0.5) is 0 Å². The number of ether oxygens (including phenoxy) is 6. The molecule has 17 atom stereocenters. The van der Waals surface area contributed by atoms with Gasteiger partial charge in [0, 0.05) is 6.42 Å². The zero-order valence-electron chi connectivity index (χ0n) is 53.6. The Morgan fingerprint density at radius 2 is 0.787 bits per heavy atom. The monoisotopic (exact) mass is 1260 g/mol. The highest BCUT2D eigenvalue weighted by Gasteiger charge is 2.53. The van der Waals surface area contributed by atoms with Crippen molar-refractivity contribution in [1.29, 1.82) is 0 Å². The Bertz CT molecular complexity index is 2040. The summed E-state index contributed by atoms with van der Waals surface area (Å²) in [6, 6.07) is -1.03. The molecule has 0 radical (unpaired) electrons. The normalized spacial score (nSPS) is 28.9. The van der Waals surface area contributed by atoms with Gasteiger partial charge in [-0.15, -0.1) is 0 Å². The van der Waals surface area contributed by atoms with Gasteiger partial charge in [-0.25, -0.2) is 0 Å². The Morgan fingerprint density at radius 3 is 1.26 bits per heavy atom. The quantitative estimate of drug-likeness (QED) is 0.0201. The SMILES string of the molecule is CC/C=C\C/C=C\C/C=C\C/C=C\C/C=C\C/C=C\CCCCC(=O)NC(COC1OC(CO)C(OC2OC(CO)C(OC3OC(CO)C(O)C(O)C3O)C(O)C2O)C(O)C1O)C(O)/C=C/CC/C=C/CC/C=C/CCCCCCCCCCCCCCC. The molecule has 0 aliphatic carbocycles. The minimum atomic E-state index is -1.99. The molecule has 3 saturated heterocycles. The Balaban J connectivity index is 1.50. The van der Waals surface area contributed by atoms with Crippen LogP contribution in [0.15, 0.2) is 109 Å². The summed E-state index contributed by atoms with van der Waals surface area (Å²) >= 11 is 0. The summed E-state index contributed by atoms with van der Waals surface area (Å²) in [6.45, 7) is 1.54. The van der Waals surface area contributed by atoms with Crippen molar-refractivity contribution in [2.24, 2.45) is 0 Å². The summed E-state index contributed by atoms with van der Waals surface area (Å²) in [5, 5.41) is 120. The number of nitrogens with one attached hydrogen (secondary N) is 1. The minimum absolute atomic E-state index is 0.170. The van der Waals surface area contributed by atoms with Crippen LogP contribution in [-0.4, -0.2) is 193 Å². The fourth-order valence-electron chi connectivity index (χ4n) is 10.6. The van der Waals surface area contributed by atoms with E-state index in [1.807, 2.05) is 6.08 Å². The van der Waals surface area contributed by atoms with Gasteiger partial charge in [0.2, 0.25) is 5.91 Å². The van der Waals surface area contributed by atoms with Crippen molar-refractivity contribution >= 4 is 5.91 Å². The van der Waals surface area contributed by atoms with Crippen LogP contribution < -0.4 is 5.32 Å². The summed E-state index contributed by atoms with van der Waals surface area (Å²) in [6.07, 6.45) is 40.7. The third kappa shape index (κ3) is 33.2. The Kier molecular flexibility index (Phi) is 45.6. The Labute approximate surface area is 532 Å². The number of aliphatic hydroxyl groups is 11. The maximum absolute atomic E-state index is 13.4. The lowest BCUT2D eigenvalue weighted by Gasteiger charge is -2.48. The fourth-order valence-corrected chi connectivity index (χ4v) is 10.6. The summed E-state index contributed by atoms with van der Waals surface area (Å²) in [5.74, 6) is -0.336. The second kappa shape index (κ2) is 50.9.